The highest BCUT2D eigenvalue weighted by Gasteiger charge is 2.29. The third-order valence-electron chi connectivity index (χ3n) is 3.24. The van der Waals surface area contributed by atoms with Gasteiger partial charge in [-0.2, -0.15) is 13.2 Å². The van der Waals surface area contributed by atoms with Crippen LogP contribution >= 0.6 is 24.2 Å². The minimum atomic E-state index is -4.29. The molecule has 24 heavy (non-hydrogen) atoms. The summed E-state index contributed by atoms with van der Waals surface area (Å²) in [4.78, 5) is 8.59. The second-order valence-electron chi connectivity index (χ2n) is 4.92. The second-order valence-corrected chi connectivity index (χ2v) is 6.06. The third-order valence-corrected chi connectivity index (χ3v) is 3.96. The van der Waals surface area contributed by atoms with Gasteiger partial charge in [-0.1, -0.05) is 6.07 Å². The standard InChI is InChI=1S/C15H13F3N4S.ClH/c1-11-19-5-6-21(11)8-12-9-22(10-20-12)13-3-2-4-14(7-13)23-15(16,17)18;/h2-7,9-10H,8H2,1H3;1H. The summed E-state index contributed by atoms with van der Waals surface area (Å²) in [5.74, 6) is 0.878. The van der Waals surface area contributed by atoms with Crippen LogP contribution in [0.3, 0.4) is 0 Å². The number of halogens is 4. The largest absolute Gasteiger partial charge is 0.446 e. The Kier molecular flexibility index (Phi) is 5.61. The molecule has 0 aliphatic rings. The van der Waals surface area contributed by atoms with Gasteiger partial charge in [0.2, 0.25) is 0 Å². The van der Waals surface area contributed by atoms with E-state index in [-0.39, 0.29) is 29.1 Å². The van der Waals surface area contributed by atoms with Gasteiger partial charge in [-0.3, -0.25) is 0 Å². The monoisotopic (exact) mass is 374 g/mol. The molecule has 128 valence electrons. The Labute approximate surface area is 147 Å². The predicted octanol–water partition coefficient (Wildman–Crippen LogP) is 4.46. The number of hydrogen-bond donors (Lipinski definition) is 0. The van der Waals surface area contributed by atoms with E-state index in [0.29, 0.717) is 12.2 Å². The van der Waals surface area contributed by atoms with Crippen molar-refractivity contribution in [3.05, 3.63) is 60.7 Å². The van der Waals surface area contributed by atoms with Crippen molar-refractivity contribution >= 4 is 24.2 Å². The van der Waals surface area contributed by atoms with E-state index in [4.69, 9.17) is 0 Å². The third kappa shape index (κ3) is 4.55. The molecule has 1 aromatic carbocycles. The lowest BCUT2D eigenvalue weighted by Gasteiger charge is -2.08. The Morgan fingerprint density at radius 1 is 1.21 bits per heavy atom. The Hall–Kier alpha value is -1.93. The summed E-state index contributed by atoms with van der Waals surface area (Å²) in [6.07, 6.45) is 6.97. The van der Waals surface area contributed by atoms with Crippen molar-refractivity contribution in [3.63, 3.8) is 0 Å². The molecule has 0 spiro atoms. The quantitative estimate of drug-likeness (QED) is 0.632. The van der Waals surface area contributed by atoms with Gasteiger partial charge in [0.1, 0.15) is 5.82 Å². The fourth-order valence-electron chi connectivity index (χ4n) is 2.17. The molecule has 0 atom stereocenters. The first kappa shape index (κ1) is 18.4. The van der Waals surface area contributed by atoms with Crippen molar-refractivity contribution in [1.29, 1.82) is 0 Å². The van der Waals surface area contributed by atoms with Gasteiger partial charge >= 0.3 is 5.51 Å². The maximum Gasteiger partial charge on any atom is 0.446 e. The molecule has 0 saturated heterocycles. The minimum Gasteiger partial charge on any atom is -0.329 e. The molecule has 2 heterocycles. The Balaban J connectivity index is 0.00000208. The highest BCUT2D eigenvalue weighted by Crippen LogP contribution is 2.37. The lowest BCUT2D eigenvalue weighted by atomic mass is 10.3. The van der Waals surface area contributed by atoms with Gasteiger partial charge in [0.05, 0.1) is 18.6 Å². The summed E-state index contributed by atoms with van der Waals surface area (Å²) in [5, 5.41) is 0. The van der Waals surface area contributed by atoms with Crippen molar-refractivity contribution in [2.75, 3.05) is 0 Å². The second kappa shape index (κ2) is 7.31. The molecule has 0 aliphatic heterocycles. The summed E-state index contributed by atoms with van der Waals surface area (Å²) < 4.78 is 41.1. The number of hydrogen-bond acceptors (Lipinski definition) is 3. The van der Waals surface area contributed by atoms with Gasteiger partial charge in [-0.25, -0.2) is 9.97 Å². The highest BCUT2D eigenvalue weighted by molar-refractivity contribution is 8.00. The van der Waals surface area contributed by atoms with Gasteiger partial charge < -0.3 is 9.13 Å². The Morgan fingerprint density at radius 2 is 2.00 bits per heavy atom. The first-order valence-electron chi connectivity index (χ1n) is 6.77. The van der Waals surface area contributed by atoms with Gasteiger partial charge in [-0.05, 0) is 36.9 Å². The molecule has 3 rings (SSSR count). The smallest absolute Gasteiger partial charge is 0.329 e. The summed E-state index contributed by atoms with van der Waals surface area (Å²) >= 11 is -0.124. The molecule has 3 aromatic rings. The van der Waals surface area contributed by atoms with Crippen molar-refractivity contribution in [2.24, 2.45) is 0 Å². The van der Waals surface area contributed by atoms with Crippen LogP contribution in [0.15, 0.2) is 54.1 Å². The lowest BCUT2D eigenvalue weighted by Crippen LogP contribution is -2.01. The molecule has 0 aliphatic carbocycles. The summed E-state index contributed by atoms with van der Waals surface area (Å²) in [6, 6.07) is 6.28. The van der Waals surface area contributed by atoms with Crippen LogP contribution in [0.5, 0.6) is 0 Å². The molecule has 0 amide bonds. The van der Waals surface area contributed by atoms with Gasteiger partial charge in [0, 0.05) is 29.2 Å². The Bertz CT molecular complexity index is 813. The normalized spacial score (nSPS) is 11.3. The maximum absolute atomic E-state index is 12.5. The van der Waals surface area contributed by atoms with Crippen LogP contribution in [-0.4, -0.2) is 24.6 Å². The Morgan fingerprint density at radius 3 is 2.67 bits per heavy atom. The zero-order chi connectivity index (χ0) is 16.4. The van der Waals surface area contributed by atoms with Gasteiger partial charge in [0.15, 0.2) is 0 Å². The van der Waals surface area contributed by atoms with Gasteiger partial charge in [0.25, 0.3) is 0 Å². The van der Waals surface area contributed by atoms with Crippen LogP contribution in [0.2, 0.25) is 0 Å². The molecule has 4 nitrogen and oxygen atoms in total. The molecular formula is C15H14ClF3N4S. The number of imidazole rings is 2. The first-order valence-corrected chi connectivity index (χ1v) is 7.59. The number of thioether (sulfide) groups is 1. The van der Waals surface area contributed by atoms with Crippen LogP contribution in [0.25, 0.3) is 5.69 Å². The van der Waals surface area contributed by atoms with Crippen LogP contribution in [0, 0.1) is 6.92 Å². The number of aryl methyl sites for hydroxylation is 1. The van der Waals surface area contributed by atoms with Crippen molar-refractivity contribution in [1.82, 2.24) is 19.1 Å². The fourth-order valence-corrected chi connectivity index (χ4v) is 2.77. The maximum atomic E-state index is 12.5. The summed E-state index contributed by atoms with van der Waals surface area (Å²) in [7, 11) is 0. The fraction of sp³-hybridized carbons (Fsp3) is 0.200. The zero-order valence-corrected chi connectivity index (χ0v) is 14.2. The molecule has 0 unspecified atom stereocenters. The molecule has 0 saturated carbocycles. The van der Waals surface area contributed by atoms with E-state index in [0.717, 1.165) is 11.5 Å². The molecule has 9 heteroatoms. The SMILES string of the molecule is Cc1nccn1Cc1cn(-c2cccc(SC(F)(F)F)c2)cn1.Cl. The number of nitrogens with zero attached hydrogens (tertiary/aromatic N) is 4. The van der Waals surface area contributed by atoms with E-state index in [1.54, 1.807) is 35.4 Å². The molecule has 0 fully saturated rings. The van der Waals surface area contributed by atoms with Crippen molar-refractivity contribution < 1.29 is 13.2 Å². The number of aromatic nitrogens is 4. The zero-order valence-electron chi connectivity index (χ0n) is 12.6. The van der Waals surface area contributed by atoms with Crippen LogP contribution in [0.1, 0.15) is 11.5 Å². The highest BCUT2D eigenvalue weighted by atomic mass is 35.5. The first-order chi connectivity index (χ1) is 10.9. The van der Waals surface area contributed by atoms with E-state index in [1.807, 2.05) is 17.7 Å². The molecule has 0 bridgehead atoms. The number of alkyl halides is 3. The number of benzene rings is 1. The van der Waals surface area contributed by atoms with Crippen LogP contribution < -0.4 is 0 Å². The molecule has 0 N–H and O–H groups in total. The van der Waals surface area contributed by atoms with E-state index >= 15 is 0 Å². The average molecular weight is 375 g/mol. The summed E-state index contributed by atoms with van der Waals surface area (Å²) in [6.45, 7) is 2.46. The van der Waals surface area contributed by atoms with E-state index in [9.17, 15) is 13.2 Å². The van der Waals surface area contributed by atoms with Crippen LogP contribution in [0.4, 0.5) is 13.2 Å². The number of rotatable bonds is 4. The summed E-state index contributed by atoms with van der Waals surface area (Å²) in [5.41, 5.74) is -2.85. The van der Waals surface area contributed by atoms with Crippen molar-refractivity contribution in [2.45, 2.75) is 23.9 Å². The van der Waals surface area contributed by atoms with Crippen LogP contribution in [-0.2, 0) is 6.54 Å². The molecule has 2 aromatic heterocycles. The van der Waals surface area contributed by atoms with E-state index < -0.39 is 5.51 Å². The molecule has 0 radical (unpaired) electrons. The van der Waals surface area contributed by atoms with Gasteiger partial charge in [-0.15, -0.1) is 12.4 Å². The van der Waals surface area contributed by atoms with Crippen molar-refractivity contribution in [3.8, 4) is 5.69 Å². The predicted molar refractivity (Wildman–Crippen MR) is 88.8 cm³/mol. The molecular weight excluding hydrogens is 361 g/mol. The topological polar surface area (TPSA) is 35.6 Å². The lowest BCUT2D eigenvalue weighted by molar-refractivity contribution is -0.0328. The average Bonchev–Trinajstić information content (AvgIpc) is 3.08. The van der Waals surface area contributed by atoms with E-state index in [1.165, 1.54) is 12.1 Å². The minimum absolute atomic E-state index is 0. The van der Waals surface area contributed by atoms with E-state index in [2.05, 4.69) is 9.97 Å².